The summed E-state index contributed by atoms with van der Waals surface area (Å²) in [5.74, 6) is 1.74. The molecule has 24 heavy (non-hydrogen) atoms. The van der Waals surface area contributed by atoms with Gasteiger partial charge in [0.1, 0.15) is 5.58 Å². The van der Waals surface area contributed by atoms with Gasteiger partial charge in [-0.25, -0.2) is 4.79 Å². The molecule has 0 atom stereocenters. The fraction of sp³-hybridized carbons (Fsp3) is 0.353. The van der Waals surface area contributed by atoms with E-state index < -0.39 is 0 Å². The monoisotopic (exact) mass is 378 g/mol. The van der Waals surface area contributed by atoms with Crippen LogP contribution < -0.4 is 5.63 Å². The van der Waals surface area contributed by atoms with E-state index in [0.29, 0.717) is 11.3 Å². The molecule has 7 heteroatoms. The van der Waals surface area contributed by atoms with Gasteiger partial charge in [-0.05, 0) is 37.0 Å². The van der Waals surface area contributed by atoms with Gasteiger partial charge in [0.15, 0.2) is 8.68 Å². The maximum Gasteiger partial charge on any atom is 0.336 e. The Balaban J connectivity index is 1.84. The van der Waals surface area contributed by atoms with E-state index in [0.717, 1.165) is 42.9 Å². The lowest BCUT2D eigenvalue weighted by molar-refractivity contribution is 0.557. The van der Waals surface area contributed by atoms with Gasteiger partial charge in [0.2, 0.25) is 0 Å². The van der Waals surface area contributed by atoms with Crippen molar-refractivity contribution >= 4 is 45.8 Å². The van der Waals surface area contributed by atoms with Gasteiger partial charge in [0, 0.05) is 23.0 Å². The highest BCUT2D eigenvalue weighted by Gasteiger charge is 2.11. The van der Waals surface area contributed by atoms with Gasteiger partial charge in [-0.1, -0.05) is 53.9 Å². The van der Waals surface area contributed by atoms with E-state index in [9.17, 15) is 4.79 Å². The van der Waals surface area contributed by atoms with Crippen LogP contribution >= 0.6 is 34.9 Å². The summed E-state index contributed by atoms with van der Waals surface area (Å²) in [5.41, 5.74) is 3.51. The second kappa shape index (κ2) is 7.72. The van der Waals surface area contributed by atoms with Crippen LogP contribution in [0.1, 0.15) is 30.0 Å². The predicted octanol–water partition coefficient (Wildman–Crippen LogP) is 5.06. The topological polar surface area (TPSA) is 56.0 Å². The molecule has 2 aromatic heterocycles. The molecule has 0 saturated carbocycles. The van der Waals surface area contributed by atoms with Gasteiger partial charge < -0.3 is 4.42 Å². The lowest BCUT2D eigenvalue weighted by Gasteiger charge is -2.08. The normalized spacial score (nSPS) is 11.3. The van der Waals surface area contributed by atoms with Crippen LogP contribution in [0.4, 0.5) is 0 Å². The Hall–Kier alpha value is -1.31. The van der Waals surface area contributed by atoms with E-state index >= 15 is 0 Å². The SMILES string of the molecule is CCCSc1nnc(SCc2cc(=O)oc3c(C)c(C)ccc23)s1. The summed E-state index contributed by atoms with van der Waals surface area (Å²) in [6.45, 7) is 6.16. The van der Waals surface area contributed by atoms with E-state index in [1.54, 1.807) is 40.9 Å². The second-order valence-electron chi connectivity index (χ2n) is 5.45. The summed E-state index contributed by atoms with van der Waals surface area (Å²) in [4.78, 5) is 11.9. The Morgan fingerprint density at radius 1 is 1.17 bits per heavy atom. The fourth-order valence-electron chi connectivity index (χ4n) is 2.29. The van der Waals surface area contributed by atoms with Gasteiger partial charge in [0.25, 0.3) is 0 Å². The first kappa shape index (κ1) is 17.5. The molecule has 0 unspecified atom stereocenters. The summed E-state index contributed by atoms with van der Waals surface area (Å²) < 4.78 is 7.35. The van der Waals surface area contributed by atoms with Crippen LogP contribution in [0.5, 0.6) is 0 Å². The Labute approximate surface area is 153 Å². The van der Waals surface area contributed by atoms with Gasteiger partial charge in [-0.3, -0.25) is 0 Å². The van der Waals surface area contributed by atoms with Crippen LogP contribution in [0, 0.1) is 13.8 Å². The van der Waals surface area contributed by atoms with Crippen molar-refractivity contribution in [2.75, 3.05) is 5.75 Å². The first-order valence-electron chi connectivity index (χ1n) is 7.70. The van der Waals surface area contributed by atoms with Crippen molar-refractivity contribution < 1.29 is 4.42 Å². The highest BCUT2D eigenvalue weighted by atomic mass is 32.2. The zero-order chi connectivity index (χ0) is 17.1. The Kier molecular flexibility index (Phi) is 5.63. The van der Waals surface area contributed by atoms with Crippen LogP contribution in [0.2, 0.25) is 0 Å². The molecule has 0 radical (unpaired) electrons. The van der Waals surface area contributed by atoms with Crippen LogP contribution in [-0.4, -0.2) is 16.0 Å². The lowest BCUT2D eigenvalue weighted by atomic mass is 10.0. The molecule has 4 nitrogen and oxygen atoms in total. The molecule has 2 heterocycles. The van der Waals surface area contributed by atoms with E-state index in [1.807, 2.05) is 19.9 Å². The van der Waals surface area contributed by atoms with Crippen molar-refractivity contribution in [3.63, 3.8) is 0 Å². The number of hydrogen-bond acceptors (Lipinski definition) is 7. The fourth-order valence-corrected chi connectivity index (χ4v) is 5.22. The molecular weight excluding hydrogens is 360 g/mol. The first-order valence-corrected chi connectivity index (χ1v) is 10.5. The third-order valence-corrected chi connectivity index (χ3v) is 7.13. The standard InChI is InChI=1S/C17H18N2O2S3/c1-4-7-22-16-18-19-17(24-16)23-9-12-8-14(20)21-15-11(3)10(2)5-6-13(12)15/h5-6,8H,4,7,9H2,1-3H3. The van der Waals surface area contributed by atoms with E-state index in [1.165, 1.54) is 0 Å². The third kappa shape index (κ3) is 3.84. The number of hydrogen-bond donors (Lipinski definition) is 0. The van der Waals surface area contributed by atoms with Crippen LogP contribution in [0.25, 0.3) is 11.0 Å². The second-order valence-corrected chi connectivity index (χ2v) is 8.99. The van der Waals surface area contributed by atoms with Crippen molar-refractivity contribution in [1.29, 1.82) is 0 Å². The smallest absolute Gasteiger partial charge is 0.336 e. The molecule has 0 amide bonds. The lowest BCUT2D eigenvalue weighted by Crippen LogP contribution is -2.01. The van der Waals surface area contributed by atoms with Crippen molar-refractivity contribution in [2.24, 2.45) is 0 Å². The number of aromatic nitrogens is 2. The molecular formula is C17H18N2O2S3. The Bertz CT molecular complexity index is 918. The van der Waals surface area contributed by atoms with Crippen LogP contribution in [0.3, 0.4) is 0 Å². The van der Waals surface area contributed by atoms with Crippen LogP contribution in [-0.2, 0) is 5.75 Å². The number of fused-ring (bicyclic) bond motifs is 1. The first-order chi connectivity index (χ1) is 11.6. The Morgan fingerprint density at radius 2 is 1.92 bits per heavy atom. The number of rotatable bonds is 6. The number of benzene rings is 1. The maximum atomic E-state index is 11.9. The van der Waals surface area contributed by atoms with E-state index in [2.05, 4.69) is 23.2 Å². The number of thioether (sulfide) groups is 2. The average molecular weight is 379 g/mol. The van der Waals surface area contributed by atoms with Crippen molar-refractivity contribution in [3.8, 4) is 0 Å². The summed E-state index contributed by atoms with van der Waals surface area (Å²) in [6.07, 6.45) is 1.12. The average Bonchev–Trinajstić information content (AvgIpc) is 3.02. The van der Waals surface area contributed by atoms with Crippen molar-refractivity contribution in [1.82, 2.24) is 10.2 Å². The molecule has 0 aliphatic carbocycles. The zero-order valence-corrected chi connectivity index (χ0v) is 16.2. The summed E-state index contributed by atoms with van der Waals surface area (Å²) in [7, 11) is 0. The number of aryl methyl sites for hydroxylation is 2. The van der Waals surface area contributed by atoms with Gasteiger partial charge in [-0.2, -0.15) is 0 Å². The molecule has 3 aromatic rings. The Morgan fingerprint density at radius 3 is 2.67 bits per heavy atom. The predicted molar refractivity (Wildman–Crippen MR) is 102 cm³/mol. The summed E-state index contributed by atoms with van der Waals surface area (Å²) in [5, 5.41) is 9.43. The van der Waals surface area contributed by atoms with Crippen LogP contribution in [0.15, 0.2) is 36.1 Å². The number of nitrogens with zero attached hydrogens (tertiary/aromatic N) is 2. The third-order valence-electron chi connectivity index (χ3n) is 3.69. The molecule has 1 aromatic carbocycles. The van der Waals surface area contributed by atoms with Gasteiger partial charge in [0.05, 0.1) is 0 Å². The zero-order valence-electron chi connectivity index (χ0n) is 13.8. The molecule has 0 saturated heterocycles. The molecule has 0 fully saturated rings. The highest BCUT2D eigenvalue weighted by Crippen LogP contribution is 2.32. The molecule has 0 N–H and O–H groups in total. The molecule has 0 aliphatic rings. The summed E-state index contributed by atoms with van der Waals surface area (Å²) in [6, 6.07) is 5.67. The minimum atomic E-state index is -0.303. The van der Waals surface area contributed by atoms with Crippen molar-refractivity contribution in [2.45, 2.75) is 41.6 Å². The maximum absolute atomic E-state index is 11.9. The van der Waals surface area contributed by atoms with Gasteiger partial charge in [-0.15, -0.1) is 10.2 Å². The quantitative estimate of drug-likeness (QED) is 0.442. The minimum Gasteiger partial charge on any atom is -0.422 e. The van der Waals surface area contributed by atoms with E-state index in [4.69, 9.17) is 4.42 Å². The molecule has 126 valence electrons. The van der Waals surface area contributed by atoms with Crippen molar-refractivity contribution in [3.05, 3.63) is 45.3 Å². The molecule has 0 aliphatic heterocycles. The highest BCUT2D eigenvalue weighted by molar-refractivity contribution is 8.02. The largest absolute Gasteiger partial charge is 0.422 e. The summed E-state index contributed by atoms with van der Waals surface area (Å²) >= 11 is 4.96. The molecule has 3 rings (SSSR count). The molecule has 0 bridgehead atoms. The molecule has 0 spiro atoms. The van der Waals surface area contributed by atoms with E-state index in [-0.39, 0.29) is 5.63 Å². The van der Waals surface area contributed by atoms with Gasteiger partial charge >= 0.3 is 5.63 Å². The minimum absolute atomic E-state index is 0.303.